The van der Waals surface area contributed by atoms with Crippen LogP contribution in [0.1, 0.15) is 25.3 Å². The summed E-state index contributed by atoms with van der Waals surface area (Å²) in [5.74, 6) is 0.997. The van der Waals surface area contributed by atoms with Crippen molar-refractivity contribution in [3.63, 3.8) is 0 Å². The van der Waals surface area contributed by atoms with Gasteiger partial charge in [-0.2, -0.15) is 0 Å². The highest BCUT2D eigenvalue weighted by molar-refractivity contribution is 5.82. The molecular weight excluding hydrogens is 230 g/mol. The second-order valence-corrected chi connectivity index (χ2v) is 5.77. The van der Waals surface area contributed by atoms with Crippen molar-refractivity contribution in [1.29, 1.82) is 0 Å². The van der Waals surface area contributed by atoms with Crippen LogP contribution in [0.4, 0.5) is 0 Å². The Kier molecular flexibility index (Phi) is 3.84. The van der Waals surface area contributed by atoms with Crippen LogP contribution in [-0.4, -0.2) is 24.5 Å². The van der Waals surface area contributed by atoms with Crippen LogP contribution in [0.3, 0.4) is 0 Å². The average Bonchev–Trinajstić information content (AvgIpc) is 3.27. The number of rotatable bonds is 6. The Morgan fingerprint density at radius 1 is 1.05 bits per heavy atom. The number of nitrogens with zero attached hydrogens (tertiary/aromatic N) is 1. The van der Waals surface area contributed by atoms with Crippen LogP contribution >= 0.6 is 0 Å². The van der Waals surface area contributed by atoms with E-state index in [-0.39, 0.29) is 0 Å². The second-order valence-electron chi connectivity index (χ2n) is 5.77. The summed E-state index contributed by atoms with van der Waals surface area (Å²) in [6, 6.07) is 15.5. The maximum Gasteiger partial charge on any atom is 0.00218 e. The minimum Gasteiger partial charge on any atom is -0.303 e. The Morgan fingerprint density at radius 3 is 2.58 bits per heavy atom. The number of hydrogen-bond donors (Lipinski definition) is 0. The molecule has 0 radical (unpaired) electrons. The summed E-state index contributed by atoms with van der Waals surface area (Å²) in [6.45, 7) is 5.97. The highest BCUT2D eigenvalue weighted by Crippen LogP contribution is 2.29. The SMILES string of the molecule is CCN(CCc1ccc2ccccc2c1)CC1CC1. The van der Waals surface area contributed by atoms with Crippen LogP contribution in [0.5, 0.6) is 0 Å². The third-order valence-corrected chi connectivity index (χ3v) is 4.19. The van der Waals surface area contributed by atoms with E-state index in [1.165, 1.54) is 55.2 Å². The van der Waals surface area contributed by atoms with Crippen LogP contribution in [0.25, 0.3) is 10.8 Å². The zero-order valence-corrected chi connectivity index (χ0v) is 11.8. The standard InChI is InChI=1S/C18H23N/c1-2-19(14-16-7-8-16)12-11-15-9-10-17-5-3-4-6-18(17)13-15/h3-6,9-10,13,16H,2,7-8,11-12,14H2,1H3. The molecule has 2 aromatic carbocycles. The number of likely N-dealkylation sites (N-methyl/N-ethyl adjacent to an activating group) is 1. The fraction of sp³-hybridized carbons (Fsp3) is 0.444. The largest absolute Gasteiger partial charge is 0.303 e. The van der Waals surface area contributed by atoms with Crippen LogP contribution in [-0.2, 0) is 6.42 Å². The molecule has 0 amide bonds. The molecule has 1 aliphatic rings. The second kappa shape index (κ2) is 5.75. The highest BCUT2D eigenvalue weighted by atomic mass is 15.1. The maximum atomic E-state index is 2.60. The fourth-order valence-electron chi connectivity index (χ4n) is 2.73. The number of benzene rings is 2. The molecule has 1 nitrogen and oxygen atoms in total. The predicted octanol–water partition coefficient (Wildman–Crippen LogP) is 4.11. The smallest absolute Gasteiger partial charge is 0.00218 e. The van der Waals surface area contributed by atoms with E-state index in [9.17, 15) is 0 Å². The predicted molar refractivity (Wildman–Crippen MR) is 82.5 cm³/mol. The first-order valence-electron chi connectivity index (χ1n) is 7.55. The van der Waals surface area contributed by atoms with E-state index in [1.54, 1.807) is 0 Å². The van der Waals surface area contributed by atoms with E-state index < -0.39 is 0 Å². The van der Waals surface area contributed by atoms with Gasteiger partial charge in [0, 0.05) is 13.1 Å². The van der Waals surface area contributed by atoms with Gasteiger partial charge >= 0.3 is 0 Å². The first-order valence-corrected chi connectivity index (χ1v) is 7.55. The molecule has 19 heavy (non-hydrogen) atoms. The molecule has 1 saturated carbocycles. The molecule has 1 aliphatic carbocycles. The summed E-state index contributed by atoms with van der Waals surface area (Å²) < 4.78 is 0. The molecule has 3 rings (SSSR count). The summed E-state index contributed by atoms with van der Waals surface area (Å²) in [4.78, 5) is 2.60. The first kappa shape index (κ1) is 12.7. The molecule has 0 heterocycles. The maximum absolute atomic E-state index is 2.60. The summed E-state index contributed by atoms with van der Waals surface area (Å²) >= 11 is 0. The van der Waals surface area contributed by atoms with Crippen molar-refractivity contribution in [2.75, 3.05) is 19.6 Å². The van der Waals surface area contributed by atoms with Gasteiger partial charge in [-0.15, -0.1) is 0 Å². The van der Waals surface area contributed by atoms with Gasteiger partial charge in [0.15, 0.2) is 0 Å². The molecule has 0 atom stereocenters. The summed E-state index contributed by atoms with van der Waals surface area (Å²) in [7, 11) is 0. The lowest BCUT2D eigenvalue weighted by Crippen LogP contribution is -2.28. The van der Waals surface area contributed by atoms with E-state index in [0.29, 0.717) is 0 Å². The van der Waals surface area contributed by atoms with Gasteiger partial charge < -0.3 is 4.90 Å². The summed E-state index contributed by atoms with van der Waals surface area (Å²) in [6.07, 6.45) is 4.07. The van der Waals surface area contributed by atoms with Gasteiger partial charge in [0.25, 0.3) is 0 Å². The third-order valence-electron chi connectivity index (χ3n) is 4.19. The quantitative estimate of drug-likeness (QED) is 0.748. The van der Waals surface area contributed by atoms with Gasteiger partial charge in [0.05, 0.1) is 0 Å². The van der Waals surface area contributed by atoms with Crippen molar-refractivity contribution in [3.8, 4) is 0 Å². The minimum atomic E-state index is 0.997. The van der Waals surface area contributed by atoms with Gasteiger partial charge in [-0.05, 0) is 48.1 Å². The van der Waals surface area contributed by atoms with Crippen molar-refractivity contribution in [1.82, 2.24) is 4.90 Å². The lowest BCUT2D eigenvalue weighted by Gasteiger charge is -2.20. The molecule has 0 N–H and O–H groups in total. The van der Waals surface area contributed by atoms with E-state index in [1.807, 2.05) is 0 Å². The Bertz CT molecular complexity index is 542. The molecule has 0 saturated heterocycles. The molecule has 1 heteroatoms. The van der Waals surface area contributed by atoms with Crippen LogP contribution in [0, 0.1) is 5.92 Å². The number of fused-ring (bicyclic) bond motifs is 1. The van der Waals surface area contributed by atoms with Crippen LogP contribution in [0.15, 0.2) is 42.5 Å². The Morgan fingerprint density at radius 2 is 1.84 bits per heavy atom. The van der Waals surface area contributed by atoms with Crippen molar-refractivity contribution < 1.29 is 0 Å². The van der Waals surface area contributed by atoms with Gasteiger partial charge in [0.2, 0.25) is 0 Å². The molecule has 1 fully saturated rings. The van der Waals surface area contributed by atoms with E-state index in [0.717, 1.165) is 5.92 Å². The average molecular weight is 253 g/mol. The topological polar surface area (TPSA) is 3.24 Å². The molecule has 0 aromatic heterocycles. The fourth-order valence-corrected chi connectivity index (χ4v) is 2.73. The molecule has 0 spiro atoms. The van der Waals surface area contributed by atoms with Gasteiger partial charge in [-0.25, -0.2) is 0 Å². The van der Waals surface area contributed by atoms with Crippen molar-refractivity contribution in [2.45, 2.75) is 26.2 Å². The monoisotopic (exact) mass is 253 g/mol. The Labute approximate surface area is 116 Å². The van der Waals surface area contributed by atoms with Crippen molar-refractivity contribution in [3.05, 3.63) is 48.0 Å². The summed E-state index contributed by atoms with van der Waals surface area (Å²) in [5.41, 5.74) is 1.47. The number of hydrogen-bond acceptors (Lipinski definition) is 1. The first-order chi connectivity index (χ1) is 9.35. The lowest BCUT2D eigenvalue weighted by atomic mass is 10.0. The minimum absolute atomic E-state index is 0.997. The molecule has 0 bridgehead atoms. The van der Waals surface area contributed by atoms with Crippen LogP contribution in [0.2, 0.25) is 0 Å². The summed E-state index contributed by atoms with van der Waals surface area (Å²) in [5, 5.41) is 2.71. The Hall–Kier alpha value is -1.34. The van der Waals surface area contributed by atoms with Gasteiger partial charge in [0.1, 0.15) is 0 Å². The molecule has 100 valence electrons. The van der Waals surface area contributed by atoms with Gasteiger partial charge in [-0.3, -0.25) is 0 Å². The molecule has 2 aromatic rings. The van der Waals surface area contributed by atoms with E-state index in [2.05, 4.69) is 54.3 Å². The zero-order chi connectivity index (χ0) is 13.1. The van der Waals surface area contributed by atoms with E-state index >= 15 is 0 Å². The lowest BCUT2D eigenvalue weighted by molar-refractivity contribution is 0.280. The van der Waals surface area contributed by atoms with Gasteiger partial charge in [-0.1, -0.05) is 49.4 Å². The van der Waals surface area contributed by atoms with Crippen molar-refractivity contribution >= 4 is 10.8 Å². The highest BCUT2D eigenvalue weighted by Gasteiger charge is 2.23. The molecule has 0 unspecified atom stereocenters. The normalized spacial score (nSPS) is 15.3. The van der Waals surface area contributed by atoms with Crippen molar-refractivity contribution in [2.24, 2.45) is 5.92 Å². The third kappa shape index (κ3) is 3.36. The molecule has 0 aliphatic heterocycles. The molecular formula is C18H23N. The Balaban J connectivity index is 1.63. The van der Waals surface area contributed by atoms with Crippen LogP contribution < -0.4 is 0 Å². The van der Waals surface area contributed by atoms with E-state index in [4.69, 9.17) is 0 Å². The zero-order valence-electron chi connectivity index (χ0n) is 11.8.